The second-order valence-corrected chi connectivity index (χ2v) is 22.8. The summed E-state index contributed by atoms with van der Waals surface area (Å²) in [6.45, 7) is 13.5. The lowest BCUT2D eigenvalue weighted by Gasteiger charge is -2.38. The summed E-state index contributed by atoms with van der Waals surface area (Å²) in [5.74, 6) is 3.57. The van der Waals surface area contributed by atoms with Gasteiger partial charge >= 0.3 is 0 Å². The number of ether oxygens (including phenoxy) is 2. The Balaban J connectivity index is 1.27. The van der Waals surface area contributed by atoms with Crippen LogP contribution >= 0.6 is 63.7 Å². The molecule has 314 valence electrons. The highest BCUT2D eigenvalue weighted by Crippen LogP contribution is 2.52. The summed E-state index contributed by atoms with van der Waals surface area (Å²) in [6, 6.07) is 41.8. The molecular weight excluding hydrogens is 1070 g/mol. The molecule has 0 unspecified atom stereocenters. The van der Waals surface area contributed by atoms with Crippen LogP contribution in [0, 0.1) is 41.5 Å². The van der Waals surface area contributed by atoms with Gasteiger partial charge in [-0.15, -0.1) is 0 Å². The van der Waals surface area contributed by atoms with Crippen LogP contribution in [0.15, 0.2) is 127 Å². The average molecular weight is 1110 g/mol. The number of rotatable bonds is 2. The topological polar surface area (TPSA) is 18.5 Å². The monoisotopic (exact) mass is 1100 g/mol. The van der Waals surface area contributed by atoms with Crippen molar-refractivity contribution in [2.75, 3.05) is 0 Å². The lowest BCUT2D eigenvalue weighted by Crippen LogP contribution is -2.58. The van der Waals surface area contributed by atoms with Crippen LogP contribution in [0.1, 0.15) is 33.4 Å². The van der Waals surface area contributed by atoms with E-state index in [1.54, 1.807) is 0 Å². The van der Waals surface area contributed by atoms with E-state index in [0.29, 0.717) is 0 Å². The van der Waals surface area contributed by atoms with E-state index in [1.807, 2.05) is 0 Å². The number of fused-ring (bicyclic) bond motifs is 8. The molecule has 0 amide bonds. The van der Waals surface area contributed by atoms with E-state index in [2.05, 4.69) is 214 Å². The van der Waals surface area contributed by atoms with E-state index >= 15 is 0 Å². The van der Waals surface area contributed by atoms with Gasteiger partial charge in [0.2, 0.25) is 0 Å². The van der Waals surface area contributed by atoms with E-state index in [9.17, 15) is 0 Å². The van der Waals surface area contributed by atoms with Crippen molar-refractivity contribution in [3.63, 3.8) is 0 Å². The number of hydrogen-bond acceptors (Lipinski definition) is 2. The van der Waals surface area contributed by atoms with E-state index in [1.165, 1.54) is 143 Å². The molecule has 0 saturated heterocycles. The fourth-order valence-corrected chi connectivity index (χ4v) is 14.6. The van der Waals surface area contributed by atoms with E-state index in [-0.39, 0.29) is 13.4 Å². The van der Waals surface area contributed by atoms with Gasteiger partial charge in [0.15, 0.2) is 0 Å². The van der Waals surface area contributed by atoms with Gasteiger partial charge in [-0.2, -0.15) is 0 Å². The number of halogens is 4. The first-order valence-corrected chi connectivity index (χ1v) is 25.6. The Bertz CT molecular complexity index is 3660. The number of benzene rings is 10. The van der Waals surface area contributed by atoms with Gasteiger partial charge < -0.3 is 9.47 Å². The largest absolute Gasteiger partial charge is 0.458 e. The molecule has 0 fully saturated rings. The van der Waals surface area contributed by atoms with Gasteiger partial charge in [-0.05, 0) is 223 Å². The third kappa shape index (κ3) is 5.30. The van der Waals surface area contributed by atoms with Gasteiger partial charge in [0.25, 0.3) is 13.4 Å². The standard InChI is InChI=1S/C58H36B2Br4O2/c1-25-11-27(3)51(28(4)12-25)35-21-37-41-15-33(63)19-49-57(41)60(44-10-8-32(62)18-48(44)65-49)46-24-40-36(52-29(5)13-26(2)14-30(52)6)22-38-42-16-34(64)20-50-58(42)59(43-9-7-31(61)17-47(43)66-50)45-23-39(35)55(53(37)46)56(40)54(38)45/h7-24H,1-6H3. The normalized spacial score (nSPS) is 13.5. The van der Waals surface area contributed by atoms with Crippen LogP contribution in [0.25, 0.3) is 76.8 Å². The molecule has 66 heavy (non-hydrogen) atoms. The molecule has 0 saturated carbocycles. The first-order chi connectivity index (χ1) is 31.8. The maximum absolute atomic E-state index is 6.92. The minimum atomic E-state index is -0.0482. The third-order valence-electron chi connectivity index (χ3n) is 15.1. The van der Waals surface area contributed by atoms with Gasteiger partial charge in [0, 0.05) is 17.9 Å². The SMILES string of the molecule is Cc1cc(C)c(-c2cc3c4c(cc5c(-c6c(C)cc(C)cc6C)cc6c7c(cc2c4c57)B2c4ccc(Br)cc4Oc4cc(Br)cc-6c42)B2c4ccc(Br)cc4Oc4cc(Br)cc-3c42)c(C)c1. The molecule has 0 aromatic heterocycles. The molecule has 4 aliphatic heterocycles. The average Bonchev–Trinajstić information content (AvgIpc) is 3.25. The number of aryl methyl sites for hydroxylation is 6. The summed E-state index contributed by atoms with van der Waals surface area (Å²) < 4.78 is 17.8. The Morgan fingerprint density at radius 2 is 0.712 bits per heavy atom. The molecule has 0 bridgehead atoms. The van der Waals surface area contributed by atoms with Gasteiger partial charge in [-0.3, -0.25) is 0 Å². The molecule has 14 rings (SSSR count). The summed E-state index contributed by atoms with van der Waals surface area (Å²) in [4.78, 5) is 0. The Kier molecular flexibility index (Phi) is 8.34. The first-order valence-electron chi connectivity index (χ1n) is 22.5. The molecule has 0 aliphatic carbocycles. The summed E-state index contributed by atoms with van der Waals surface area (Å²) in [5, 5.41) is 7.88. The molecule has 2 nitrogen and oxygen atoms in total. The van der Waals surface area contributed by atoms with Crippen LogP contribution in [-0.2, 0) is 0 Å². The quantitative estimate of drug-likeness (QED) is 0.127. The van der Waals surface area contributed by atoms with Gasteiger partial charge in [-0.25, -0.2) is 0 Å². The van der Waals surface area contributed by atoms with Crippen molar-refractivity contribution in [2.24, 2.45) is 0 Å². The van der Waals surface area contributed by atoms with Crippen molar-refractivity contribution in [2.45, 2.75) is 41.5 Å². The lowest BCUT2D eigenvalue weighted by molar-refractivity contribution is 0.486. The van der Waals surface area contributed by atoms with Crippen LogP contribution in [0.3, 0.4) is 0 Å². The van der Waals surface area contributed by atoms with Crippen molar-refractivity contribution in [1.82, 2.24) is 0 Å². The maximum Gasteiger partial charge on any atom is 0.252 e. The zero-order valence-corrected chi connectivity index (χ0v) is 43.2. The molecule has 0 radical (unpaired) electrons. The second kappa shape index (κ2) is 13.8. The summed E-state index contributed by atoms with van der Waals surface area (Å²) in [6.07, 6.45) is 0. The summed E-state index contributed by atoms with van der Waals surface area (Å²) in [5.41, 5.74) is 25.2. The molecular formula is C58H36B2Br4O2. The highest BCUT2D eigenvalue weighted by Gasteiger charge is 2.44. The fourth-order valence-electron chi connectivity index (χ4n) is 13.0. The molecule has 10 aromatic rings. The molecule has 0 atom stereocenters. The minimum Gasteiger partial charge on any atom is -0.458 e. The lowest BCUT2D eigenvalue weighted by atomic mass is 9.32. The van der Waals surface area contributed by atoms with E-state index in [4.69, 9.17) is 9.47 Å². The zero-order valence-electron chi connectivity index (χ0n) is 36.9. The van der Waals surface area contributed by atoms with Crippen LogP contribution in [0.2, 0.25) is 0 Å². The van der Waals surface area contributed by atoms with Crippen LogP contribution in [0.5, 0.6) is 23.0 Å². The van der Waals surface area contributed by atoms with Crippen molar-refractivity contribution < 1.29 is 9.47 Å². The van der Waals surface area contributed by atoms with Crippen LogP contribution in [-0.4, -0.2) is 13.4 Å². The summed E-state index contributed by atoms with van der Waals surface area (Å²) in [7, 11) is 0. The van der Waals surface area contributed by atoms with Crippen LogP contribution < -0.4 is 42.3 Å². The molecule has 0 spiro atoms. The van der Waals surface area contributed by atoms with Gasteiger partial charge in [0.05, 0.1) is 0 Å². The van der Waals surface area contributed by atoms with Crippen molar-refractivity contribution in [3.05, 3.63) is 160 Å². The molecule has 0 N–H and O–H groups in total. The molecule has 8 heteroatoms. The zero-order chi connectivity index (χ0) is 44.9. The second-order valence-electron chi connectivity index (χ2n) is 19.2. The Morgan fingerprint density at radius 3 is 1.11 bits per heavy atom. The third-order valence-corrected chi connectivity index (χ3v) is 17.0. The Morgan fingerprint density at radius 1 is 0.333 bits per heavy atom. The van der Waals surface area contributed by atoms with Crippen LogP contribution in [0.4, 0.5) is 0 Å². The predicted molar refractivity (Wildman–Crippen MR) is 293 cm³/mol. The Hall–Kier alpha value is -5.11. The minimum absolute atomic E-state index is 0.0482. The number of hydrogen-bond donors (Lipinski definition) is 0. The summed E-state index contributed by atoms with van der Waals surface area (Å²) >= 11 is 15.5. The predicted octanol–water partition coefficient (Wildman–Crippen LogP) is 14.0. The van der Waals surface area contributed by atoms with Crippen molar-refractivity contribution >= 4 is 142 Å². The first kappa shape index (κ1) is 40.0. The smallest absolute Gasteiger partial charge is 0.252 e. The molecule has 4 heterocycles. The maximum atomic E-state index is 6.92. The molecule has 4 aliphatic rings. The highest BCUT2D eigenvalue weighted by molar-refractivity contribution is 9.11. The Labute approximate surface area is 417 Å². The van der Waals surface area contributed by atoms with E-state index in [0.717, 1.165) is 40.9 Å². The van der Waals surface area contributed by atoms with E-state index < -0.39 is 0 Å². The molecule has 10 aromatic carbocycles. The highest BCUT2D eigenvalue weighted by atomic mass is 79.9. The van der Waals surface area contributed by atoms with Crippen molar-refractivity contribution in [1.29, 1.82) is 0 Å². The van der Waals surface area contributed by atoms with Crippen molar-refractivity contribution in [3.8, 4) is 67.5 Å². The van der Waals surface area contributed by atoms with Gasteiger partial charge in [-0.1, -0.05) is 134 Å². The van der Waals surface area contributed by atoms with Gasteiger partial charge in [0.1, 0.15) is 23.0 Å². The fraction of sp³-hybridized carbons (Fsp3) is 0.103.